The smallest absolute Gasteiger partial charge is 0.200 e. The van der Waals surface area contributed by atoms with Crippen molar-refractivity contribution < 1.29 is 36.6 Å². The van der Waals surface area contributed by atoms with Gasteiger partial charge in [-0.05, 0) is 66.8 Å². The Morgan fingerprint density at radius 3 is 1.34 bits per heavy atom. The van der Waals surface area contributed by atoms with Crippen LogP contribution in [-0.2, 0) is 0 Å². The van der Waals surface area contributed by atoms with Crippen molar-refractivity contribution in [2.75, 3.05) is 0 Å². The summed E-state index contributed by atoms with van der Waals surface area (Å²) in [6.07, 6.45) is 1.55. The Labute approximate surface area is 179 Å². The largest absolute Gasteiger partial charge is 0.505 e. The number of phenols is 2. The molecule has 0 heterocycles. The molecule has 0 spiro atoms. The second kappa shape index (κ2) is 8.41. The highest BCUT2D eigenvalue weighted by Crippen LogP contribution is 2.44. The number of hydrogen-bond donors (Lipinski definition) is 2. The normalized spacial score (nSPS) is 18.7. The standard InChI is InChI=1S/C24H18F6O2/c25-19-13(5-6-15(21(19)27)16-8-10-18(32)24(30)22(16)28)11-1-3-12(4-2-11)14-7-9-17(31)23(29)20(14)26/h5-12,31-32H,1-4H2. The van der Waals surface area contributed by atoms with Crippen LogP contribution in [-0.4, -0.2) is 10.2 Å². The molecule has 3 aromatic rings. The van der Waals surface area contributed by atoms with E-state index >= 15 is 0 Å². The molecule has 0 bridgehead atoms. The zero-order chi connectivity index (χ0) is 23.2. The molecule has 0 atom stereocenters. The molecule has 1 aliphatic rings. The van der Waals surface area contributed by atoms with Gasteiger partial charge in [-0.2, -0.15) is 8.78 Å². The Bertz CT molecular complexity index is 1190. The summed E-state index contributed by atoms with van der Waals surface area (Å²) in [7, 11) is 0. The average molecular weight is 452 g/mol. The third-order valence-corrected chi connectivity index (χ3v) is 6.16. The topological polar surface area (TPSA) is 40.5 Å². The molecule has 0 radical (unpaired) electrons. The van der Waals surface area contributed by atoms with E-state index in [2.05, 4.69) is 0 Å². The van der Waals surface area contributed by atoms with Gasteiger partial charge in [-0.3, -0.25) is 0 Å². The van der Waals surface area contributed by atoms with Gasteiger partial charge in [0.15, 0.2) is 34.8 Å². The molecule has 0 saturated heterocycles. The molecule has 0 amide bonds. The molecule has 0 aromatic heterocycles. The Morgan fingerprint density at radius 2 is 0.812 bits per heavy atom. The zero-order valence-electron chi connectivity index (χ0n) is 16.6. The van der Waals surface area contributed by atoms with Gasteiger partial charge in [0.05, 0.1) is 0 Å². The first-order valence-corrected chi connectivity index (χ1v) is 10.0. The summed E-state index contributed by atoms with van der Waals surface area (Å²) < 4.78 is 85.1. The summed E-state index contributed by atoms with van der Waals surface area (Å²) in [5.74, 6) is -10.4. The molecule has 2 N–H and O–H groups in total. The SMILES string of the molecule is Oc1ccc(-c2ccc(C3CCC(c4ccc(O)c(F)c4F)CC3)c(F)c2F)c(F)c1F. The summed E-state index contributed by atoms with van der Waals surface area (Å²) in [6, 6.07) is 6.68. The van der Waals surface area contributed by atoms with Crippen molar-refractivity contribution in [3.8, 4) is 22.6 Å². The van der Waals surface area contributed by atoms with Crippen LogP contribution in [0.15, 0.2) is 36.4 Å². The van der Waals surface area contributed by atoms with Crippen LogP contribution in [0, 0.1) is 34.9 Å². The molecule has 168 valence electrons. The van der Waals surface area contributed by atoms with Gasteiger partial charge in [0, 0.05) is 11.1 Å². The van der Waals surface area contributed by atoms with Crippen molar-refractivity contribution in [3.05, 3.63) is 82.4 Å². The highest BCUT2D eigenvalue weighted by atomic mass is 19.2. The maximum Gasteiger partial charge on any atom is 0.200 e. The molecule has 3 aromatic carbocycles. The molecular formula is C24H18F6O2. The number of rotatable bonds is 3. The summed E-state index contributed by atoms with van der Waals surface area (Å²) in [4.78, 5) is 0. The van der Waals surface area contributed by atoms with Crippen LogP contribution in [0.2, 0.25) is 0 Å². The van der Waals surface area contributed by atoms with Crippen molar-refractivity contribution in [1.29, 1.82) is 0 Å². The van der Waals surface area contributed by atoms with Gasteiger partial charge < -0.3 is 10.2 Å². The van der Waals surface area contributed by atoms with Crippen LogP contribution in [0.3, 0.4) is 0 Å². The fraction of sp³-hybridized carbons (Fsp3) is 0.250. The van der Waals surface area contributed by atoms with E-state index in [0.717, 1.165) is 24.3 Å². The van der Waals surface area contributed by atoms with Crippen molar-refractivity contribution >= 4 is 0 Å². The summed E-state index contributed by atoms with van der Waals surface area (Å²) in [5.41, 5.74) is -0.790. The number of benzene rings is 3. The Balaban J connectivity index is 1.57. The minimum Gasteiger partial charge on any atom is -0.505 e. The fourth-order valence-electron chi connectivity index (χ4n) is 4.42. The monoisotopic (exact) mass is 452 g/mol. The predicted octanol–water partition coefficient (Wildman–Crippen LogP) is 7.04. The van der Waals surface area contributed by atoms with Crippen LogP contribution in [0.5, 0.6) is 11.5 Å². The van der Waals surface area contributed by atoms with Crippen LogP contribution >= 0.6 is 0 Å². The maximum atomic E-state index is 14.8. The maximum absolute atomic E-state index is 14.8. The molecule has 8 heteroatoms. The van der Waals surface area contributed by atoms with E-state index in [0.29, 0.717) is 25.7 Å². The van der Waals surface area contributed by atoms with Gasteiger partial charge in [0.2, 0.25) is 11.6 Å². The molecule has 1 saturated carbocycles. The minimum absolute atomic E-state index is 0.0710. The Kier molecular flexibility index (Phi) is 5.79. The third-order valence-electron chi connectivity index (χ3n) is 6.16. The summed E-state index contributed by atoms with van der Waals surface area (Å²) in [5, 5.41) is 18.5. The molecule has 1 aliphatic carbocycles. The number of phenolic OH excluding ortho intramolecular Hbond substituents is 2. The zero-order valence-corrected chi connectivity index (χ0v) is 16.6. The van der Waals surface area contributed by atoms with Gasteiger partial charge in [0.1, 0.15) is 0 Å². The first-order valence-electron chi connectivity index (χ1n) is 10.0. The number of hydrogen-bond acceptors (Lipinski definition) is 2. The lowest BCUT2D eigenvalue weighted by Crippen LogP contribution is -2.15. The highest BCUT2D eigenvalue weighted by molar-refractivity contribution is 5.66. The van der Waals surface area contributed by atoms with E-state index in [9.17, 15) is 36.6 Å². The van der Waals surface area contributed by atoms with Crippen LogP contribution < -0.4 is 0 Å². The van der Waals surface area contributed by atoms with E-state index in [-0.39, 0.29) is 23.0 Å². The van der Waals surface area contributed by atoms with Gasteiger partial charge in [-0.25, -0.2) is 17.6 Å². The van der Waals surface area contributed by atoms with Gasteiger partial charge in [0.25, 0.3) is 0 Å². The molecular weight excluding hydrogens is 434 g/mol. The van der Waals surface area contributed by atoms with E-state index < -0.39 is 57.5 Å². The summed E-state index contributed by atoms with van der Waals surface area (Å²) >= 11 is 0. The lowest BCUT2D eigenvalue weighted by molar-refractivity contribution is 0.362. The number of aromatic hydroxyl groups is 2. The van der Waals surface area contributed by atoms with Crippen molar-refractivity contribution in [2.45, 2.75) is 37.5 Å². The fourth-order valence-corrected chi connectivity index (χ4v) is 4.42. The quantitative estimate of drug-likeness (QED) is 0.419. The molecule has 4 rings (SSSR count). The lowest BCUT2D eigenvalue weighted by atomic mass is 9.75. The second-order valence-electron chi connectivity index (χ2n) is 7.94. The lowest BCUT2D eigenvalue weighted by Gasteiger charge is -2.29. The predicted molar refractivity (Wildman–Crippen MR) is 105 cm³/mol. The summed E-state index contributed by atoms with van der Waals surface area (Å²) in [6.45, 7) is 0. The van der Waals surface area contributed by atoms with Crippen molar-refractivity contribution in [3.63, 3.8) is 0 Å². The average Bonchev–Trinajstić information content (AvgIpc) is 2.79. The molecule has 0 unspecified atom stereocenters. The minimum atomic E-state index is -1.55. The number of halogens is 6. The first kappa shape index (κ1) is 22.0. The first-order chi connectivity index (χ1) is 15.2. The molecule has 1 fully saturated rings. The van der Waals surface area contributed by atoms with Crippen molar-refractivity contribution in [1.82, 2.24) is 0 Å². The third kappa shape index (κ3) is 3.67. The van der Waals surface area contributed by atoms with Gasteiger partial charge in [-0.1, -0.05) is 18.2 Å². The van der Waals surface area contributed by atoms with E-state index in [1.165, 1.54) is 12.1 Å². The Hall–Kier alpha value is -3.16. The molecule has 2 nitrogen and oxygen atoms in total. The van der Waals surface area contributed by atoms with Gasteiger partial charge >= 0.3 is 0 Å². The van der Waals surface area contributed by atoms with Crippen LogP contribution in [0.4, 0.5) is 26.3 Å². The van der Waals surface area contributed by atoms with Crippen LogP contribution in [0.25, 0.3) is 11.1 Å². The molecule has 32 heavy (non-hydrogen) atoms. The van der Waals surface area contributed by atoms with E-state index in [4.69, 9.17) is 0 Å². The Morgan fingerprint density at radius 1 is 0.469 bits per heavy atom. The van der Waals surface area contributed by atoms with Crippen molar-refractivity contribution in [2.24, 2.45) is 0 Å². The molecule has 0 aliphatic heterocycles. The highest BCUT2D eigenvalue weighted by Gasteiger charge is 2.30. The second-order valence-corrected chi connectivity index (χ2v) is 7.94. The van der Waals surface area contributed by atoms with E-state index in [1.54, 1.807) is 0 Å². The van der Waals surface area contributed by atoms with Gasteiger partial charge in [-0.15, -0.1) is 0 Å². The van der Waals surface area contributed by atoms with Crippen LogP contribution in [0.1, 0.15) is 48.6 Å². The van der Waals surface area contributed by atoms with E-state index in [1.807, 2.05) is 0 Å².